The molecule has 2 atom stereocenters. The molecule has 4 heteroatoms. The third kappa shape index (κ3) is 3.39. The van der Waals surface area contributed by atoms with Crippen LogP contribution in [0.4, 0.5) is 0 Å². The van der Waals surface area contributed by atoms with E-state index in [0.29, 0.717) is 6.54 Å². The van der Waals surface area contributed by atoms with Gasteiger partial charge in [-0.05, 0) is 18.9 Å². The Kier molecular flexibility index (Phi) is 5.05. The maximum Gasteiger partial charge on any atom is 0.165 e. The summed E-state index contributed by atoms with van der Waals surface area (Å²) < 4.78 is 10.7. The van der Waals surface area contributed by atoms with Gasteiger partial charge in [0.25, 0.3) is 0 Å². The Bertz CT molecular complexity index is 408. The molecule has 0 spiro atoms. The Morgan fingerprint density at radius 2 is 2.00 bits per heavy atom. The van der Waals surface area contributed by atoms with E-state index >= 15 is 0 Å². The summed E-state index contributed by atoms with van der Waals surface area (Å²) in [6.07, 6.45) is 4.01. The average Bonchev–Trinajstić information content (AvgIpc) is 2.45. The van der Waals surface area contributed by atoms with E-state index in [1.165, 1.54) is 6.42 Å². The molecule has 1 aliphatic carbocycles. The van der Waals surface area contributed by atoms with E-state index in [1.807, 2.05) is 18.2 Å². The molecule has 0 amide bonds. The second-order valence-corrected chi connectivity index (χ2v) is 4.99. The van der Waals surface area contributed by atoms with E-state index in [0.717, 1.165) is 36.3 Å². The number of rotatable bonds is 5. The Morgan fingerprint density at radius 1 is 1.21 bits per heavy atom. The van der Waals surface area contributed by atoms with Gasteiger partial charge < -0.3 is 19.9 Å². The van der Waals surface area contributed by atoms with Crippen molar-refractivity contribution in [3.05, 3.63) is 23.8 Å². The van der Waals surface area contributed by atoms with Crippen LogP contribution in [0, 0.1) is 0 Å². The second kappa shape index (κ2) is 6.78. The molecular formula is C15H23NO3. The highest BCUT2D eigenvalue weighted by Crippen LogP contribution is 2.30. The van der Waals surface area contributed by atoms with Crippen LogP contribution in [0.15, 0.2) is 18.2 Å². The molecule has 0 radical (unpaired) electrons. The molecule has 1 aromatic carbocycles. The van der Waals surface area contributed by atoms with Crippen LogP contribution in [-0.2, 0) is 6.54 Å². The van der Waals surface area contributed by atoms with Gasteiger partial charge in [-0.1, -0.05) is 25.0 Å². The van der Waals surface area contributed by atoms with E-state index in [4.69, 9.17) is 9.47 Å². The standard InChI is InChI=1S/C15H23NO3/c1-18-14-9-5-6-11(15(14)19-2)10-16-12-7-3-4-8-13(12)17/h5-6,9,12-13,16-17H,3-4,7-8,10H2,1-2H3/t12-,13+/m1/s1. The van der Waals surface area contributed by atoms with E-state index in [9.17, 15) is 5.11 Å². The van der Waals surface area contributed by atoms with E-state index in [-0.39, 0.29) is 12.1 Å². The van der Waals surface area contributed by atoms with Crippen molar-refractivity contribution in [3.8, 4) is 11.5 Å². The van der Waals surface area contributed by atoms with E-state index in [2.05, 4.69) is 5.32 Å². The first-order valence-corrected chi connectivity index (χ1v) is 6.87. The van der Waals surface area contributed by atoms with Crippen LogP contribution in [0.2, 0.25) is 0 Å². The molecular weight excluding hydrogens is 242 g/mol. The summed E-state index contributed by atoms with van der Waals surface area (Å²) in [6.45, 7) is 0.683. The van der Waals surface area contributed by atoms with Gasteiger partial charge in [0.05, 0.1) is 20.3 Å². The number of hydrogen-bond donors (Lipinski definition) is 2. The van der Waals surface area contributed by atoms with Crippen LogP contribution in [-0.4, -0.2) is 31.5 Å². The normalized spacial score (nSPS) is 23.1. The monoisotopic (exact) mass is 265 g/mol. The number of para-hydroxylation sites is 1. The molecule has 0 saturated heterocycles. The first-order chi connectivity index (χ1) is 9.26. The molecule has 2 rings (SSSR count). The lowest BCUT2D eigenvalue weighted by atomic mass is 9.92. The van der Waals surface area contributed by atoms with Crippen molar-refractivity contribution in [3.63, 3.8) is 0 Å². The van der Waals surface area contributed by atoms with E-state index in [1.54, 1.807) is 14.2 Å². The van der Waals surface area contributed by atoms with Crippen molar-refractivity contribution in [2.75, 3.05) is 14.2 Å². The molecule has 1 fully saturated rings. The summed E-state index contributed by atoms with van der Waals surface area (Å²) in [6, 6.07) is 6.04. The number of hydrogen-bond acceptors (Lipinski definition) is 4. The number of aliphatic hydroxyl groups excluding tert-OH is 1. The predicted octanol–water partition coefficient (Wildman–Crippen LogP) is 2.10. The molecule has 4 nitrogen and oxygen atoms in total. The van der Waals surface area contributed by atoms with Crippen molar-refractivity contribution >= 4 is 0 Å². The smallest absolute Gasteiger partial charge is 0.165 e. The highest BCUT2D eigenvalue weighted by molar-refractivity contribution is 5.46. The van der Waals surface area contributed by atoms with Gasteiger partial charge in [0.1, 0.15) is 0 Å². The van der Waals surface area contributed by atoms with Crippen molar-refractivity contribution < 1.29 is 14.6 Å². The number of ether oxygens (including phenoxy) is 2. The molecule has 0 bridgehead atoms. The van der Waals surface area contributed by atoms with Gasteiger partial charge in [-0.3, -0.25) is 0 Å². The topological polar surface area (TPSA) is 50.7 Å². The second-order valence-electron chi connectivity index (χ2n) is 4.99. The number of benzene rings is 1. The van der Waals surface area contributed by atoms with Crippen LogP contribution in [0.25, 0.3) is 0 Å². The summed E-state index contributed by atoms with van der Waals surface area (Å²) in [5.74, 6) is 1.51. The lowest BCUT2D eigenvalue weighted by Crippen LogP contribution is -2.41. The maximum absolute atomic E-state index is 9.96. The molecule has 106 valence electrons. The van der Waals surface area contributed by atoms with Crippen molar-refractivity contribution in [2.24, 2.45) is 0 Å². The number of aliphatic hydroxyl groups is 1. The first kappa shape index (κ1) is 14.2. The van der Waals surface area contributed by atoms with Gasteiger partial charge in [-0.2, -0.15) is 0 Å². The Morgan fingerprint density at radius 3 is 2.68 bits per heavy atom. The zero-order chi connectivity index (χ0) is 13.7. The Labute approximate surface area is 114 Å². The fourth-order valence-electron chi connectivity index (χ4n) is 2.68. The highest BCUT2D eigenvalue weighted by atomic mass is 16.5. The van der Waals surface area contributed by atoms with Gasteiger partial charge in [0.15, 0.2) is 11.5 Å². The molecule has 0 aromatic heterocycles. The fourth-order valence-corrected chi connectivity index (χ4v) is 2.68. The highest BCUT2D eigenvalue weighted by Gasteiger charge is 2.22. The van der Waals surface area contributed by atoms with Crippen LogP contribution in [0.5, 0.6) is 11.5 Å². The van der Waals surface area contributed by atoms with Crippen molar-refractivity contribution in [1.29, 1.82) is 0 Å². The molecule has 19 heavy (non-hydrogen) atoms. The van der Waals surface area contributed by atoms with Gasteiger partial charge in [0.2, 0.25) is 0 Å². The number of nitrogens with one attached hydrogen (secondary N) is 1. The molecule has 0 unspecified atom stereocenters. The SMILES string of the molecule is COc1cccc(CN[C@@H]2CCCC[C@@H]2O)c1OC. The van der Waals surface area contributed by atoms with Gasteiger partial charge in [-0.15, -0.1) is 0 Å². The Balaban J connectivity index is 2.02. The van der Waals surface area contributed by atoms with Crippen LogP contribution >= 0.6 is 0 Å². The van der Waals surface area contributed by atoms with Crippen molar-refractivity contribution in [2.45, 2.75) is 44.4 Å². The zero-order valence-electron chi connectivity index (χ0n) is 11.7. The summed E-state index contributed by atoms with van der Waals surface area (Å²) >= 11 is 0. The fraction of sp³-hybridized carbons (Fsp3) is 0.600. The van der Waals surface area contributed by atoms with E-state index < -0.39 is 0 Å². The van der Waals surface area contributed by atoms with Crippen LogP contribution in [0.1, 0.15) is 31.2 Å². The average molecular weight is 265 g/mol. The zero-order valence-corrected chi connectivity index (χ0v) is 11.7. The third-order valence-corrected chi connectivity index (χ3v) is 3.77. The van der Waals surface area contributed by atoms with Crippen molar-refractivity contribution in [1.82, 2.24) is 5.32 Å². The maximum atomic E-state index is 9.96. The van der Waals surface area contributed by atoms with Crippen LogP contribution in [0.3, 0.4) is 0 Å². The Hall–Kier alpha value is -1.26. The molecule has 1 aliphatic rings. The largest absolute Gasteiger partial charge is 0.493 e. The molecule has 2 N–H and O–H groups in total. The van der Waals surface area contributed by atoms with Gasteiger partial charge >= 0.3 is 0 Å². The molecule has 1 aromatic rings. The quantitative estimate of drug-likeness (QED) is 0.856. The first-order valence-electron chi connectivity index (χ1n) is 6.87. The lowest BCUT2D eigenvalue weighted by molar-refractivity contribution is 0.0901. The van der Waals surface area contributed by atoms with Gasteiger partial charge in [0, 0.05) is 18.2 Å². The molecule has 1 saturated carbocycles. The summed E-state index contributed by atoms with van der Waals surface area (Å²) in [7, 11) is 3.29. The summed E-state index contributed by atoms with van der Waals surface area (Å²) in [5.41, 5.74) is 1.06. The summed E-state index contributed by atoms with van der Waals surface area (Å²) in [5, 5.41) is 13.4. The third-order valence-electron chi connectivity index (χ3n) is 3.77. The summed E-state index contributed by atoms with van der Waals surface area (Å²) in [4.78, 5) is 0. The minimum atomic E-state index is -0.231. The minimum Gasteiger partial charge on any atom is -0.493 e. The van der Waals surface area contributed by atoms with Crippen LogP contribution < -0.4 is 14.8 Å². The number of methoxy groups -OCH3 is 2. The van der Waals surface area contributed by atoms with Gasteiger partial charge in [-0.25, -0.2) is 0 Å². The molecule has 0 heterocycles. The molecule has 0 aliphatic heterocycles. The minimum absolute atomic E-state index is 0.185. The lowest BCUT2D eigenvalue weighted by Gasteiger charge is -2.28. The predicted molar refractivity (Wildman–Crippen MR) is 74.6 cm³/mol.